The van der Waals surface area contributed by atoms with E-state index in [1.165, 1.54) is 0 Å². The van der Waals surface area contributed by atoms with Crippen molar-refractivity contribution in [1.29, 1.82) is 0 Å². The minimum atomic E-state index is -0.804. The van der Waals surface area contributed by atoms with Gasteiger partial charge in [-0.3, -0.25) is 4.79 Å². The Labute approximate surface area is 105 Å². The van der Waals surface area contributed by atoms with Gasteiger partial charge >= 0.3 is 6.09 Å². The maximum Gasteiger partial charge on any atom is 0.417 e. The zero-order valence-electron chi connectivity index (χ0n) is 10.1. The van der Waals surface area contributed by atoms with Gasteiger partial charge in [-0.2, -0.15) is 0 Å². The van der Waals surface area contributed by atoms with Gasteiger partial charge in [-0.05, 0) is 12.5 Å². The molecule has 2 atom stereocenters. The van der Waals surface area contributed by atoms with Crippen molar-refractivity contribution in [1.82, 2.24) is 4.90 Å². The quantitative estimate of drug-likeness (QED) is 0.858. The summed E-state index contributed by atoms with van der Waals surface area (Å²) in [6.45, 7) is 1.74. The van der Waals surface area contributed by atoms with Gasteiger partial charge in [-0.25, -0.2) is 9.69 Å². The lowest BCUT2D eigenvalue weighted by molar-refractivity contribution is -0.127. The molecular formula is C13H15NO4. The maximum absolute atomic E-state index is 11.8. The number of carbonyl (C=O) groups excluding carboxylic acids is 2. The van der Waals surface area contributed by atoms with Crippen LogP contribution in [0.5, 0.6) is 0 Å². The van der Waals surface area contributed by atoms with E-state index in [2.05, 4.69) is 0 Å². The van der Waals surface area contributed by atoms with Gasteiger partial charge in [-0.15, -0.1) is 0 Å². The molecule has 0 saturated carbocycles. The second kappa shape index (κ2) is 5.18. The van der Waals surface area contributed by atoms with Gasteiger partial charge in [0.15, 0.2) is 0 Å². The summed E-state index contributed by atoms with van der Waals surface area (Å²) >= 11 is 0. The van der Waals surface area contributed by atoms with Crippen LogP contribution >= 0.6 is 0 Å². The standard InChI is InChI=1S/C13H15NO4/c1-9-11(15)7-12(16)14(9)13(17)18-8-10-5-3-2-4-6-10/h2-6,9,11,15H,7-8H2,1H3/t9-,11?/m1/s1. The minimum Gasteiger partial charge on any atom is -0.444 e. The highest BCUT2D eigenvalue weighted by molar-refractivity contribution is 5.94. The summed E-state index contributed by atoms with van der Waals surface area (Å²) in [6.07, 6.45) is -1.53. The molecule has 1 saturated heterocycles. The van der Waals surface area contributed by atoms with Gasteiger partial charge in [0.2, 0.25) is 5.91 Å². The second-order valence-corrected chi connectivity index (χ2v) is 4.32. The number of amides is 2. The fourth-order valence-electron chi connectivity index (χ4n) is 1.90. The third-order valence-corrected chi connectivity index (χ3v) is 3.02. The lowest BCUT2D eigenvalue weighted by atomic mass is 10.2. The van der Waals surface area contributed by atoms with Gasteiger partial charge in [0, 0.05) is 0 Å². The van der Waals surface area contributed by atoms with Crippen LogP contribution in [0.1, 0.15) is 18.9 Å². The van der Waals surface area contributed by atoms with E-state index in [4.69, 9.17) is 4.74 Å². The molecule has 0 aromatic heterocycles. The monoisotopic (exact) mass is 249 g/mol. The summed E-state index contributed by atoms with van der Waals surface area (Å²) in [5, 5.41) is 9.50. The predicted molar refractivity (Wildman–Crippen MR) is 63.6 cm³/mol. The largest absolute Gasteiger partial charge is 0.444 e. The molecule has 1 aromatic rings. The van der Waals surface area contributed by atoms with E-state index < -0.39 is 24.1 Å². The molecule has 5 heteroatoms. The van der Waals surface area contributed by atoms with Crippen molar-refractivity contribution in [2.45, 2.75) is 32.1 Å². The number of aliphatic hydroxyl groups is 1. The average Bonchev–Trinajstić information content (AvgIpc) is 2.62. The van der Waals surface area contributed by atoms with E-state index in [-0.39, 0.29) is 13.0 Å². The number of rotatable bonds is 2. The highest BCUT2D eigenvalue weighted by atomic mass is 16.6. The topological polar surface area (TPSA) is 66.8 Å². The van der Waals surface area contributed by atoms with Crippen molar-refractivity contribution in [2.75, 3.05) is 0 Å². The van der Waals surface area contributed by atoms with Crippen LogP contribution in [0.4, 0.5) is 4.79 Å². The number of benzene rings is 1. The van der Waals surface area contributed by atoms with Crippen molar-refractivity contribution in [2.24, 2.45) is 0 Å². The Balaban J connectivity index is 1.94. The molecule has 0 spiro atoms. The van der Waals surface area contributed by atoms with E-state index in [1.807, 2.05) is 30.3 Å². The van der Waals surface area contributed by atoms with Gasteiger partial charge in [-0.1, -0.05) is 30.3 Å². The molecule has 1 aliphatic rings. The Morgan fingerprint density at radius 1 is 1.44 bits per heavy atom. The third kappa shape index (κ3) is 2.51. The molecule has 2 amide bonds. The summed E-state index contributed by atoms with van der Waals surface area (Å²) in [5.41, 5.74) is 0.852. The number of hydrogen-bond acceptors (Lipinski definition) is 4. The molecule has 1 fully saturated rings. The van der Waals surface area contributed by atoms with Crippen LogP contribution in [0.25, 0.3) is 0 Å². The van der Waals surface area contributed by atoms with Crippen LogP contribution in [0.15, 0.2) is 30.3 Å². The van der Waals surface area contributed by atoms with Crippen LogP contribution in [0, 0.1) is 0 Å². The molecule has 96 valence electrons. The van der Waals surface area contributed by atoms with E-state index in [0.717, 1.165) is 10.5 Å². The Kier molecular flexibility index (Phi) is 3.62. The molecule has 1 heterocycles. The Morgan fingerprint density at radius 3 is 2.67 bits per heavy atom. The SMILES string of the molecule is C[C@@H]1C(O)CC(=O)N1C(=O)OCc1ccccc1. The van der Waals surface area contributed by atoms with E-state index in [9.17, 15) is 14.7 Å². The fourth-order valence-corrected chi connectivity index (χ4v) is 1.90. The van der Waals surface area contributed by atoms with Gasteiger partial charge in [0.1, 0.15) is 6.61 Å². The first kappa shape index (κ1) is 12.6. The summed E-state index contributed by atoms with van der Waals surface area (Å²) in [6, 6.07) is 8.69. The van der Waals surface area contributed by atoms with Crippen LogP contribution < -0.4 is 0 Å². The molecule has 0 radical (unpaired) electrons. The van der Waals surface area contributed by atoms with Crippen LogP contribution in [-0.2, 0) is 16.1 Å². The van der Waals surface area contributed by atoms with Crippen molar-refractivity contribution in [3.63, 3.8) is 0 Å². The Bertz CT molecular complexity index is 446. The molecular weight excluding hydrogens is 234 g/mol. The van der Waals surface area contributed by atoms with Gasteiger partial charge in [0.25, 0.3) is 0 Å². The third-order valence-electron chi connectivity index (χ3n) is 3.02. The lowest BCUT2D eigenvalue weighted by Crippen LogP contribution is -2.39. The van der Waals surface area contributed by atoms with E-state index >= 15 is 0 Å². The Morgan fingerprint density at radius 2 is 2.11 bits per heavy atom. The summed E-state index contributed by atoms with van der Waals surface area (Å²) < 4.78 is 5.06. The molecule has 2 rings (SSSR count). The summed E-state index contributed by atoms with van der Waals surface area (Å²) in [4.78, 5) is 24.2. The van der Waals surface area contributed by atoms with E-state index in [0.29, 0.717) is 0 Å². The number of hydrogen-bond donors (Lipinski definition) is 1. The van der Waals surface area contributed by atoms with Crippen LogP contribution in [0.2, 0.25) is 0 Å². The predicted octanol–water partition coefficient (Wildman–Crippen LogP) is 1.30. The Hall–Kier alpha value is -1.88. The van der Waals surface area contributed by atoms with Gasteiger partial charge < -0.3 is 9.84 Å². The average molecular weight is 249 g/mol. The number of nitrogens with zero attached hydrogens (tertiary/aromatic N) is 1. The molecule has 5 nitrogen and oxygen atoms in total. The van der Waals surface area contributed by atoms with Crippen molar-refractivity contribution in [3.8, 4) is 0 Å². The zero-order chi connectivity index (χ0) is 13.1. The number of carbonyl (C=O) groups is 2. The second-order valence-electron chi connectivity index (χ2n) is 4.32. The molecule has 0 aliphatic carbocycles. The maximum atomic E-state index is 11.8. The van der Waals surface area contributed by atoms with E-state index in [1.54, 1.807) is 6.92 Å². The van der Waals surface area contributed by atoms with Gasteiger partial charge in [0.05, 0.1) is 18.6 Å². The molecule has 1 aromatic carbocycles. The smallest absolute Gasteiger partial charge is 0.417 e. The highest BCUT2D eigenvalue weighted by Crippen LogP contribution is 2.20. The first-order valence-electron chi connectivity index (χ1n) is 5.80. The minimum absolute atomic E-state index is 0.0262. The first-order chi connectivity index (χ1) is 8.59. The normalized spacial score (nSPS) is 23.2. The van der Waals surface area contributed by atoms with Crippen LogP contribution in [-0.4, -0.2) is 34.2 Å². The zero-order valence-corrected chi connectivity index (χ0v) is 10.1. The number of likely N-dealkylation sites (tertiary alicyclic amines) is 1. The number of ether oxygens (including phenoxy) is 1. The molecule has 1 unspecified atom stereocenters. The number of imide groups is 1. The van der Waals surface area contributed by atoms with Crippen molar-refractivity contribution < 1.29 is 19.4 Å². The molecule has 0 bridgehead atoms. The summed E-state index contributed by atoms with van der Waals surface area (Å²) in [7, 11) is 0. The van der Waals surface area contributed by atoms with Crippen LogP contribution in [0.3, 0.4) is 0 Å². The molecule has 1 N–H and O–H groups in total. The molecule has 18 heavy (non-hydrogen) atoms. The number of aliphatic hydroxyl groups excluding tert-OH is 1. The summed E-state index contributed by atoms with van der Waals surface area (Å²) in [5.74, 6) is -0.395. The lowest BCUT2D eigenvalue weighted by Gasteiger charge is -2.20. The first-order valence-corrected chi connectivity index (χ1v) is 5.80. The fraction of sp³-hybridized carbons (Fsp3) is 0.385. The molecule has 1 aliphatic heterocycles. The van der Waals surface area contributed by atoms with Crippen molar-refractivity contribution in [3.05, 3.63) is 35.9 Å². The van der Waals surface area contributed by atoms with Crippen molar-refractivity contribution >= 4 is 12.0 Å². The highest BCUT2D eigenvalue weighted by Gasteiger charge is 2.40.